The first-order valence-electron chi connectivity index (χ1n) is 6.16. The molecule has 1 aromatic heterocycles. The molecule has 1 N–H and O–H groups in total. The minimum atomic E-state index is 0.803. The fourth-order valence-corrected chi connectivity index (χ4v) is 2.81. The highest BCUT2D eigenvalue weighted by atomic mass is 32.1. The molecule has 17 heavy (non-hydrogen) atoms. The van der Waals surface area contributed by atoms with Gasteiger partial charge >= 0.3 is 0 Å². The molecule has 1 aromatic rings. The number of ether oxygens (including phenoxy) is 1. The molecule has 0 radical (unpaired) electrons. The molecule has 1 heterocycles. The smallest absolute Gasteiger partial charge is 0.0593 e. The maximum absolute atomic E-state index is 5.37. The summed E-state index contributed by atoms with van der Waals surface area (Å²) in [4.78, 5) is 5.16. The monoisotopic (exact) mass is 256 g/mol. The van der Waals surface area contributed by atoms with Crippen molar-refractivity contribution in [2.45, 2.75) is 26.9 Å². The number of likely N-dealkylation sites (N-methyl/N-ethyl adjacent to an activating group) is 1. The van der Waals surface area contributed by atoms with Crippen molar-refractivity contribution in [2.24, 2.45) is 0 Å². The first-order chi connectivity index (χ1) is 8.17. The molecular formula is C13H24N2OS. The topological polar surface area (TPSA) is 24.5 Å². The minimum absolute atomic E-state index is 0.803. The van der Waals surface area contributed by atoms with Crippen molar-refractivity contribution < 1.29 is 4.74 Å². The molecule has 0 aliphatic carbocycles. The number of nitrogens with zero attached hydrogens (tertiary/aromatic N) is 1. The third-order valence-electron chi connectivity index (χ3n) is 2.68. The van der Waals surface area contributed by atoms with Crippen molar-refractivity contribution in [1.29, 1.82) is 0 Å². The van der Waals surface area contributed by atoms with Crippen LogP contribution < -0.4 is 5.32 Å². The second kappa shape index (κ2) is 7.82. The zero-order valence-electron chi connectivity index (χ0n) is 11.4. The highest BCUT2D eigenvalue weighted by Gasteiger charge is 2.07. The second-order valence-electron chi connectivity index (χ2n) is 4.26. The maximum atomic E-state index is 5.37. The molecule has 0 unspecified atom stereocenters. The van der Waals surface area contributed by atoms with Crippen LogP contribution in [0.1, 0.15) is 22.2 Å². The van der Waals surface area contributed by atoms with Gasteiger partial charge in [-0.25, -0.2) is 0 Å². The normalized spacial score (nSPS) is 11.4. The Morgan fingerprint density at radius 3 is 2.88 bits per heavy atom. The van der Waals surface area contributed by atoms with E-state index in [0.29, 0.717) is 0 Å². The highest BCUT2D eigenvalue weighted by molar-refractivity contribution is 7.12. The van der Waals surface area contributed by atoms with E-state index >= 15 is 0 Å². The third-order valence-corrected chi connectivity index (χ3v) is 3.78. The third kappa shape index (κ3) is 5.17. The van der Waals surface area contributed by atoms with Crippen LogP contribution in [0.4, 0.5) is 0 Å². The lowest BCUT2D eigenvalue weighted by Gasteiger charge is -2.16. The van der Waals surface area contributed by atoms with E-state index < -0.39 is 0 Å². The summed E-state index contributed by atoms with van der Waals surface area (Å²) < 4.78 is 5.37. The lowest BCUT2D eigenvalue weighted by Crippen LogP contribution is -2.22. The lowest BCUT2D eigenvalue weighted by molar-refractivity contribution is 0.120. The highest BCUT2D eigenvalue weighted by Crippen LogP contribution is 2.22. The van der Waals surface area contributed by atoms with Gasteiger partial charge in [-0.2, -0.15) is 0 Å². The SMILES string of the molecule is CCOCCN(C)Cc1cc(CNC)sc1C. The van der Waals surface area contributed by atoms with E-state index in [0.717, 1.165) is 32.8 Å². The van der Waals surface area contributed by atoms with Crippen molar-refractivity contribution in [3.8, 4) is 0 Å². The van der Waals surface area contributed by atoms with Gasteiger partial charge in [0.1, 0.15) is 0 Å². The summed E-state index contributed by atoms with van der Waals surface area (Å²) in [5.74, 6) is 0. The van der Waals surface area contributed by atoms with Gasteiger partial charge in [0.15, 0.2) is 0 Å². The summed E-state index contributed by atoms with van der Waals surface area (Å²) in [7, 11) is 4.14. The van der Waals surface area contributed by atoms with Crippen molar-refractivity contribution in [2.75, 3.05) is 33.9 Å². The van der Waals surface area contributed by atoms with Crippen LogP contribution in [0.15, 0.2) is 6.07 Å². The fourth-order valence-electron chi connectivity index (χ4n) is 1.74. The molecule has 0 aliphatic heterocycles. The zero-order valence-corrected chi connectivity index (χ0v) is 12.2. The van der Waals surface area contributed by atoms with Crippen molar-refractivity contribution >= 4 is 11.3 Å². The van der Waals surface area contributed by atoms with E-state index in [-0.39, 0.29) is 0 Å². The minimum Gasteiger partial charge on any atom is -0.380 e. The first kappa shape index (κ1) is 14.6. The number of nitrogens with one attached hydrogen (secondary N) is 1. The van der Waals surface area contributed by atoms with E-state index in [1.165, 1.54) is 15.3 Å². The van der Waals surface area contributed by atoms with Crippen molar-refractivity contribution in [3.63, 3.8) is 0 Å². The average Bonchev–Trinajstić information content (AvgIpc) is 2.60. The van der Waals surface area contributed by atoms with E-state index in [1.807, 2.05) is 25.3 Å². The molecule has 0 spiro atoms. The Kier molecular flexibility index (Phi) is 6.73. The summed E-state index contributed by atoms with van der Waals surface area (Å²) in [6.07, 6.45) is 0. The van der Waals surface area contributed by atoms with Gasteiger partial charge in [-0.1, -0.05) is 0 Å². The van der Waals surface area contributed by atoms with Crippen LogP contribution in [0.3, 0.4) is 0 Å². The molecule has 0 aromatic carbocycles. The Hall–Kier alpha value is -0.420. The molecule has 1 rings (SSSR count). The summed E-state index contributed by atoms with van der Waals surface area (Å²) in [6, 6.07) is 2.31. The van der Waals surface area contributed by atoms with E-state index in [4.69, 9.17) is 4.74 Å². The van der Waals surface area contributed by atoms with Gasteiger partial charge in [0.25, 0.3) is 0 Å². The molecule has 0 fully saturated rings. The second-order valence-corrected chi connectivity index (χ2v) is 5.60. The summed E-state index contributed by atoms with van der Waals surface area (Å²) in [5, 5.41) is 3.20. The van der Waals surface area contributed by atoms with Gasteiger partial charge < -0.3 is 10.1 Å². The molecule has 0 saturated carbocycles. The summed E-state index contributed by atoms with van der Waals surface area (Å²) in [6.45, 7) is 8.83. The Labute approximate surface area is 109 Å². The molecule has 4 heteroatoms. The molecule has 0 aliphatic rings. The molecule has 3 nitrogen and oxygen atoms in total. The Morgan fingerprint density at radius 1 is 1.47 bits per heavy atom. The Balaban J connectivity index is 2.44. The number of hydrogen-bond donors (Lipinski definition) is 1. The maximum Gasteiger partial charge on any atom is 0.0593 e. The van der Waals surface area contributed by atoms with Gasteiger partial charge in [-0.15, -0.1) is 11.3 Å². The summed E-state index contributed by atoms with van der Waals surface area (Å²) >= 11 is 1.89. The van der Waals surface area contributed by atoms with Crippen LogP contribution >= 0.6 is 11.3 Å². The number of aryl methyl sites for hydroxylation is 1. The van der Waals surface area contributed by atoms with Crippen LogP contribution in [0, 0.1) is 6.92 Å². The number of hydrogen-bond acceptors (Lipinski definition) is 4. The van der Waals surface area contributed by atoms with Crippen LogP contribution in [0.5, 0.6) is 0 Å². The fraction of sp³-hybridized carbons (Fsp3) is 0.692. The Bertz CT molecular complexity index is 325. The van der Waals surface area contributed by atoms with Gasteiger partial charge in [-0.05, 0) is 39.6 Å². The predicted octanol–water partition coefficient (Wildman–Crippen LogP) is 2.24. The molecule has 98 valence electrons. The van der Waals surface area contributed by atoms with Crippen LogP contribution in [0.25, 0.3) is 0 Å². The van der Waals surface area contributed by atoms with Gasteiger partial charge in [0.2, 0.25) is 0 Å². The predicted molar refractivity (Wildman–Crippen MR) is 74.6 cm³/mol. The largest absolute Gasteiger partial charge is 0.380 e. The van der Waals surface area contributed by atoms with Gasteiger partial charge in [0, 0.05) is 36.0 Å². The Morgan fingerprint density at radius 2 is 2.24 bits per heavy atom. The molecule has 0 amide bonds. The molecule has 0 saturated heterocycles. The zero-order chi connectivity index (χ0) is 12.7. The molecule has 0 atom stereocenters. The van der Waals surface area contributed by atoms with Crippen molar-refractivity contribution in [3.05, 3.63) is 21.4 Å². The lowest BCUT2D eigenvalue weighted by atomic mass is 10.2. The van der Waals surface area contributed by atoms with E-state index in [9.17, 15) is 0 Å². The average molecular weight is 256 g/mol. The van der Waals surface area contributed by atoms with Gasteiger partial charge in [-0.3, -0.25) is 4.90 Å². The number of thiophene rings is 1. The van der Waals surface area contributed by atoms with Crippen LogP contribution in [-0.2, 0) is 17.8 Å². The standard InChI is InChI=1S/C13H24N2OS/c1-5-16-7-6-15(4)10-12-8-13(9-14-3)17-11(12)2/h8,14H,5-7,9-10H2,1-4H3. The molecule has 0 bridgehead atoms. The van der Waals surface area contributed by atoms with E-state index in [1.54, 1.807) is 0 Å². The first-order valence-corrected chi connectivity index (χ1v) is 6.98. The van der Waals surface area contributed by atoms with Crippen molar-refractivity contribution in [1.82, 2.24) is 10.2 Å². The van der Waals surface area contributed by atoms with Gasteiger partial charge in [0.05, 0.1) is 6.61 Å². The van der Waals surface area contributed by atoms with E-state index in [2.05, 4.69) is 30.3 Å². The van der Waals surface area contributed by atoms with Crippen LogP contribution in [0.2, 0.25) is 0 Å². The van der Waals surface area contributed by atoms with Crippen LogP contribution in [-0.4, -0.2) is 38.8 Å². The quantitative estimate of drug-likeness (QED) is 0.722. The summed E-state index contributed by atoms with van der Waals surface area (Å²) in [5.41, 5.74) is 1.44. The number of rotatable bonds is 8. The molecular weight excluding hydrogens is 232 g/mol.